The van der Waals surface area contributed by atoms with Crippen LogP contribution in [0.1, 0.15) is 45.0 Å². The first-order valence-corrected chi connectivity index (χ1v) is 22.8. The molecule has 0 spiro atoms. The molecule has 0 aliphatic carbocycles. The third-order valence-corrected chi connectivity index (χ3v) is 11.6. The van der Waals surface area contributed by atoms with Gasteiger partial charge in [-0.3, -0.25) is 0 Å². The Morgan fingerprint density at radius 3 is 1.61 bits per heavy atom. The number of hydrogen-bond donors (Lipinski definition) is 5. The Balaban J connectivity index is 0.000000241. The van der Waals surface area contributed by atoms with E-state index in [2.05, 4.69) is 12.1 Å². The van der Waals surface area contributed by atoms with Gasteiger partial charge in [0.1, 0.15) is 60.9 Å². The minimum Gasteiger partial charge on any atom is -0.508 e. The summed E-state index contributed by atoms with van der Waals surface area (Å²) < 4.78 is 38.0. The van der Waals surface area contributed by atoms with Crippen LogP contribution in [0, 0.1) is 6.92 Å². The van der Waals surface area contributed by atoms with Crippen molar-refractivity contribution in [1.82, 2.24) is 0 Å². The lowest BCUT2D eigenvalue weighted by molar-refractivity contribution is 0.0197. The third-order valence-electron chi connectivity index (χ3n) is 11.6. The van der Waals surface area contributed by atoms with Gasteiger partial charge >= 0.3 is 11.3 Å². The van der Waals surface area contributed by atoms with Crippen molar-refractivity contribution in [3.63, 3.8) is 0 Å². The zero-order valence-electron chi connectivity index (χ0n) is 38.3. The smallest absolute Gasteiger partial charge is 0.402 e. The second-order valence-corrected chi connectivity index (χ2v) is 16.9. The largest absolute Gasteiger partial charge is 0.508 e. The Labute approximate surface area is 405 Å². The molecule has 10 rings (SSSR count). The maximum atomic E-state index is 10.2. The van der Waals surface area contributed by atoms with Gasteiger partial charge in [0.05, 0.1) is 11.7 Å². The third kappa shape index (κ3) is 11.4. The number of aliphatic hydroxyl groups is 1. The van der Waals surface area contributed by atoms with E-state index >= 15 is 0 Å². The van der Waals surface area contributed by atoms with Crippen LogP contribution in [-0.4, -0.2) is 31.6 Å². The number of phenolic OH excluding ortho intramolecular Hbond substituents is 4. The highest BCUT2D eigenvalue weighted by atomic mass is 16.5. The number of hydrogen-bond acceptors (Lipinski definition) is 10. The summed E-state index contributed by atoms with van der Waals surface area (Å²) in [6, 6.07) is 59.1. The second kappa shape index (κ2) is 21.5. The highest BCUT2D eigenvalue weighted by molar-refractivity contribution is 5.88. The summed E-state index contributed by atoms with van der Waals surface area (Å²) in [6.45, 7) is 3.65. The Bertz CT molecular complexity index is 3180. The van der Waals surface area contributed by atoms with Crippen LogP contribution < -0.4 is 23.7 Å². The van der Waals surface area contributed by atoms with Gasteiger partial charge in [-0.2, -0.15) is 0 Å². The maximum Gasteiger partial charge on any atom is 0.402 e. The van der Waals surface area contributed by atoms with Crippen LogP contribution in [0.5, 0.6) is 51.7 Å². The number of phenols is 4. The normalized spacial score (nSPS) is 13.8. The second-order valence-electron chi connectivity index (χ2n) is 16.9. The van der Waals surface area contributed by atoms with E-state index in [1.807, 2.05) is 153 Å². The molecule has 0 saturated carbocycles. The van der Waals surface area contributed by atoms with Crippen LogP contribution >= 0.6 is 0 Å². The molecule has 5 N–H and O–H groups in total. The van der Waals surface area contributed by atoms with Crippen molar-refractivity contribution in [1.29, 1.82) is 0 Å². The molecular weight excluding hydrogens is 885 g/mol. The van der Waals surface area contributed by atoms with Crippen molar-refractivity contribution < 1.29 is 53.6 Å². The van der Waals surface area contributed by atoms with E-state index < -0.39 is 12.2 Å². The maximum absolute atomic E-state index is 10.2. The summed E-state index contributed by atoms with van der Waals surface area (Å²) in [5, 5.41) is 49.1. The van der Waals surface area contributed by atoms with Crippen LogP contribution in [0.3, 0.4) is 0 Å². The molecule has 0 amide bonds. The Morgan fingerprint density at radius 1 is 0.500 bits per heavy atom. The molecule has 2 unspecified atom stereocenters. The molecule has 1 aromatic heterocycles. The van der Waals surface area contributed by atoms with Crippen molar-refractivity contribution in [2.75, 3.05) is 0 Å². The molecule has 1 aliphatic heterocycles. The quantitative estimate of drug-likeness (QED) is 0.0522. The monoisotopic (exact) mass is 935 g/mol. The first kappa shape index (κ1) is 46.4. The zero-order valence-corrected chi connectivity index (χ0v) is 38.3. The highest BCUT2D eigenvalue weighted by Gasteiger charge is 2.33. The average Bonchev–Trinajstić information content (AvgIpc) is 3.38. The molecule has 2 heterocycles. The van der Waals surface area contributed by atoms with E-state index in [-0.39, 0.29) is 35.2 Å². The van der Waals surface area contributed by atoms with E-state index in [9.17, 15) is 25.5 Å². The van der Waals surface area contributed by atoms with Gasteiger partial charge in [0.2, 0.25) is 5.75 Å². The predicted molar refractivity (Wildman–Crippen MR) is 267 cm³/mol. The molecule has 0 saturated heterocycles. The minimum absolute atomic E-state index is 0.143. The van der Waals surface area contributed by atoms with E-state index in [4.69, 9.17) is 28.1 Å². The Kier molecular flexibility index (Phi) is 14.3. The van der Waals surface area contributed by atoms with Crippen molar-refractivity contribution in [3.8, 4) is 63.1 Å². The lowest BCUT2D eigenvalue weighted by Crippen LogP contribution is -2.30. The summed E-state index contributed by atoms with van der Waals surface area (Å²) in [7, 11) is 0. The van der Waals surface area contributed by atoms with Crippen molar-refractivity contribution in [3.05, 3.63) is 227 Å². The molecule has 2 atom stereocenters. The van der Waals surface area contributed by atoms with Crippen molar-refractivity contribution in [2.45, 2.75) is 52.0 Å². The molecule has 0 radical (unpaired) electrons. The molecule has 9 aromatic rings. The summed E-state index contributed by atoms with van der Waals surface area (Å²) in [5.41, 5.74) is 7.68. The van der Waals surface area contributed by atoms with Gasteiger partial charge in [-0.15, -0.1) is 0 Å². The van der Waals surface area contributed by atoms with Gasteiger partial charge in [-0.1, -0.05) is 127 Å². The van der Waals surface area contributed by atoms with Gasteiger partial charge in [-0.05, 0) is 70.6 Å². The summed E-state index contributed by atoms with van der Waals surface area (Å²) >= 11 is 0. The number of fused-ring (bicyclic) bond motifs is 2. The standard InChI is InChI=1S/C44H37O5.C15H14O6/c1-32-24-40(46-29-34-16-8-3-9-17-34)38-27-43(48-31-36-20-12-5-13-21-36)44(49-41(38)25-32)37-22-23-39(45-28-33-14-6-2-7-15-33)42(26-37)47-30-35-18-10-4-11-19-35;16-8-4-11(18)9-6-13(20)15(21-14(9)5-8)7-1-2-10(17)12(19)3-7/h2-27H,28-31H2,1H3;1-5,13,15-20H,6H2/q+1;. The fourth-order valence-corrected chi connectivity index (χ4v) is 8.03. The van der Waals surface area contributed by atoms with Crippen LogP contribution in [0.25, 0.3) is 22.3 Å². The molecule has 11 nitrogen and oxygen atoms in total. The number of aryl methyl sites for hydroxylation is 1. The van der Waals surface area contributed by atoms with Gasteiger partial charge in [0.25, 0.3) is 0 Å². The van der Waals surface area contributed by atoms with Crippen LogP contribution in [-0.2, 0) is 32.8 Å². The molecular formula is C59H51O11+. The lowest BCUT2D eigenvalue weighted by atomic mass is 9.94. The van der Waals surface area contributed by atoms with Gasteiger partial charge in [0.15, 0.2) is 23.0 Å². The molecule has 0 bridgehead atoms. The van der Waals surface area contributed by atoms with Crippen LogP contribution in [0.15, 0.2) is 192 Å². The summed E-state index contributed by atoms with van der Waals surface area (Å²) in [6.07, 6.45) is -1.56. The molecule has 8 aromatic carbocycles. The van der Waals surface area contributed by atoms with Gasteiger partial charge in [0, 0.05) is 42.3 Å². The number of benzene rings is 8. The molecule has 70 heavy (non-hydrogen) atoms. The molecule has 0 fully saturated rings. The number of rotatable bonds is 14. The fourth-order valence-electron chi connectivity index (χ4n) is 8.03. The first-order chi connectivity index (χ1) is 34.1. The van der Waals surface area contributed by atoms with E-state index in [1.165, 1.54) is 30.3 Å². The predicted octanol–water partition coefficient (Wildman–Crippen LogP) is 12.6. The van der Waals surface area contributed by atoms with Crippen LogP contribution in [0.2, 0.25) is 0 Å². The summed E-state index contributed by atoms with van der Waals surface area (Å²) in [5.74, 6) is 2.57. The molecule has 1 aliphatic rings. The topological polar surface area (TPSA) is 159 Å². The van der Waals surface area contributed by atoms with Crippen LogP contribution in [0.4, 0.5) is 0 Å². The number of aromatic hydroxyl groups is 4. The van der Waals surface area contributed by atoms with E-state index in [0.717, 1.165) is 44.5 Å². The van der Waals surface area contributed by atoms with Gasteiger partial charge < -0.3 is 49.2 Å². The Hall–Kier alpha value is -8.67. The first-order valence-electron chi connectivity index (χ1n) is 22.8. The SMILES string of the molecule is Cc1cc(OCc2ccccc2)c2cc(OCc3ccccc3)c(-c3ccc(OCc4ccccc4)c(OCc4ccccc4)c3)[o+]c2c1.Oc1cc(O)c2c(c1)OC(c1ccc(O)c(O)c1)C(O)C2. The molecule has 11 heteroatoms. The summed E-state index contributed by atoms with van der Waals surface area (Å²) in [4.78, 5) is 0. The Morgan fingerprint density at radius 2 is 1.04 bits per heavy atom. The van der Waals surface area contributed by atoms with E-state index in [0.29, 0.717) is 66.1 Å². The fraction of sp³-hybridized carbons (Fsp3) is 0.136. The van der Waals surface area contributed by atoms with E-state index in [1.54, 1.807) is 0 Å². The molecule has 352 valence electrons. The lowest BCUT2D eigenvalue weighted by Gasteiger charge is -2.31. The number of aliphatic hydroxyl groups excluding tert-OH is 1. The zero-order chi connectivity index (χ0) is 48.4. The highest BCUT2D eigenvalue weighted by Crippen LogP contribution is 2.44. The van der Waals surface area contributed by atoms with Gasteiger partial charge in [-0.25, -0.2) is 4.42 Å². The van der Waals surface area contributed by atoms with Crippen molar-refractivity contribution >= 4 is 11.0 Å². The van der Waals surface area contributed by atoms with Crippen molar-refractivity contribution in [2.24, 2.45) is 0 Å². The average molecular weight is 936 g/mol. The number of ether oxygens (including phenoxy) is 5. The minimum atomic E-state index is -0.933.